The van der Waals surface area contributed by atoms with Crippen molar-refractivity contribution in [3.05, 3.63) is 64.9 Å². The maximum atomic E-state index is 12.9. The van der Waals surface area contributed by atoms with Gasteiger partial charge in [-0.05, 0) is 42.0 Å². The number of carbonyl (C=O) groups excluding carboxylic acids is 1. The molecule has 0 spiro atoms. The second-order valence-electron chi connectivity index (χ2n) is 5.25. The molecule has 5 nitrogen and oxygen atoms in total. The normalized spacial score (nSPS) is 12.6. The maximum Gasteiger partial charge on any atom is 0.226 e. The average molecular weight is 371 g/mol. The zero-order valence-corrected chi connectivity index (χ0v) is 14.4. The van der Waals surface area contributed by atoms with Gasteiger partial charge in [0.25, 0.3) is 0 Å². The lowest BCUT2D eigenvalue weighted by Crippen LogP contribution is -2.30. The minimum Gasteiger partial charge on any atom is -0.326 e. The number of hydrogen-bond acceptors (Lipinski definition) is 3. The number of amides is 1. The lowest BCUT2D eigenvalue weighted by atomic mass is 10.0. The van der Waals surface area contributed by atoms with E-state index in [1.54, 1.807) is 24.3 Å². The van der Waals surface area contributed by atoms with E-state index in [9.17, 15) is 17.6 Å². The molecule has 0 saturated heterocycles. The minimum atomic E-state index is -3.52. The number of nitrogens with one attached hydrogen (secondary N) is 2. The summed E-state index contributed by atoms with van der Waals surface area (Å²) in [5.41, 5.74) is 1.04. The van der Waals surface area contributed by atoms with Crippen LogP contribution in [0.3, 0.4) is 0 Å². The Morgan fingerprint density at radius 2 is 1.71 bits per heavy atom. The van der Waals surface area contributed by atoms with E-state index >= 15 is 0 Å². The largest absolute Gasteiger partial charge is 0.326 e. The Hall–Kier alpha value is -1.96. The third-order valence-electron chi connectivity index (χ3n) is 3.15. The van der Waals surface area contributed by atoms with Crippen molar-refractivity contribution >= 4 is 33.2 Å². The first kappa shape index (κ1) is 18.4. The smallest absolute Gasteiger partial charge is 0.226 e. The number of anilines is 1. The summed E-state index contributed by atoms with van der Waals surface area (Å²) in [6.45, 7) is 0. The van der Waals surface area contributed by atoms with Gasteiger partial charge in [-0.15, -0.1) is 0 Å². The van der Waals surface area contributed by atoms with Crippen molar-refractivity contribution in [3.63, 3.8) is 0 Å². The van der Waals surface area contributed by atoms with E-state index in [0.717, 1.165) is 6.26 Å². The van der Waals surface area contributed by atoms with Gasteiger partial charge < -0.3 is 5.32 Å². The fourth-order valence-corrected chi connectivity index (χ4v) is 2.97. The first-order valence-electron chi connectivity index (χ1n) is 7.01. The Kier molecular flexibility index (Phi) is 5.93. The summed E-state index contributed by atoms with van der Waals surface area (Å²) in [7, 11) is -3.52. The van der Waals surface area contributed by atoms with E-state index in [0.29, 0.717) is 16.3 Å². The standard InChI is InChI=1S/C16H16ClFN2O3S/c1-24(22,23)20-15(11-2-4-12(17)5-3-11)10-16(21)19-14-8-6-13(18)7-9-14/h2-9,15,20H,10H2,1H3,(H,19,21). The number of rotatable bonds is 6. The third-order valence-corrected chi connectivity index (χ3v) is 4.11. The highest BCUT2D eigenvalue weighted by Gasteiger charge is 2.20. The minimum absolute atomic E-state index is 0.119. The van der Waals surface area contributed by atoms with Crippen molar-refractivity contribution in [1.82, 2.24) is 4.72 Å². The molecule has 0 fully saturated rings. The van der Waals surface area contributed by atoms with Gasteiger partial charge in [-0.1, -0.05) is 23.7 Å². The van der Waals surface area contributed by atoms with Crippen molar-refractivity contribution in [3.8, 4) is 0 Å². The van der Waals surface area contributed by atoms with Crippen LogP contribution in [0.2, 0.25) is 5.02 Å². The number of halogens is 2. The molecule has 0 bridgehead atoms. The van der Waals surface area contributed by atoms with Crippen LogP contribution in [0, 0.1) is 5.82 Å². The fourth-order valence-electron chi connectivity index (χ4n) is 2.11. The van der Waals surface area contributed by atoms with Gasteiger partial charge >= 0.3 is 0 Å². The number of hydrogen-bond donors (Lipinski definition) is 2. The molecule has 1 atom stereocenters. The Bertz CT molecular complexity index is 808. The maximum absolute atomic E-state index is 12.9. The van der Waals surface area contributed by atoms with Gasteiger partial charge in [-0.25, -0.2) is 17.5 Å². The molecule has 24 heavy (non-hydrogen) atoms. The summed E-state index contributed by atoms with van der Waals surface area (Å²) < 4.78 is 38.4. The van der Waals surface area contributed by atoms with Crippen LogP contribution in [-0.4, -0.2) is 20.6 Å². The first-order chi connectivity index (χ1) is 11.2. The van der Waals surface area contributed by atoms with Crippen LogP contribution >= 0.6 is 11.6 Å². The molecule has 0 saturated carbocycles. The fraction of sp³-hybridized carbons (Fsp3) is 0.188. The van der Waals surface area contributed by atoms with Gasteiger partial charge in [0.1, 0.15) is 5.82 Å². The molecule has 128 valence electrons. The van der Waals surface area contributed by atoms with Crippen molar-refractivity contribution in [2.24, 2.45) is 0 Å². The molecule has 8 heteroatoms. The second-order valence-corrected chi connectivity index (χ2v) is 7.47. The molecule has 0 aliphatic heterocycles. The zero-order chi connectivity index (χ0) is 17.7. The van der Waals surface area contributed by atoms with Gasteiger partial charge in [-0.2, -0.15) is 0 Å². The molecule has 0 aromatic heterocycles. The van der Waals surface area contributed by atoms with Crippen LogP contribution in [0.5, 0.6) is 0 Å². The average Bonchev–Trinajstić information content (AvgIpc) is 2.48. The highest BCUT2D eigenvalue weighted by molar-refractivity contribution is 7.88. The predicted octanol–water partition coefficient (Wildman–Crippen LogP) is 3.10. The van der Waals surface area contributed by atoms with E-state index in [1.165, 1.54) is 24.3 Å². The van der Waals surface area contributed by atoms with Crippen LogP contribution in [0.4, 0.5) is 10.1 Å². The van der Waals surface area contributed by atoms with Crippen LogP contribution in [0.25, 0.3) is 0 Å². The molecule has 0 aliphatic carbocycles. The molecule has 2 aromatic rings. The second kappa shape index (κ2) is 7.74. The van der Waals surface area contributed by atoms with E-state index < -0.39 is 27.8 Å². The Labute approximate surface area is 144 Å². The highest BCUT2D eigenvalue weighted by atomic mass is 35.5. The van der Waals surface area contributed by atoms with Gasteiger partial charge in [0.15, 0.2) is 0 Å². The van der Waals surface area contributed by atoms with E-state index in [4.69, 9.17) is 11.6 Å². The summed E-state index contributed by atoms with van der Waals surface area (Å²) in [4.78, 5) is 12.2. The quantitative estimate of drug-likeness (QED) is 0.820. The van der Waals surface area contributed by atoms with E-state index in [2.05, 4.69) is 10.0 Å². The van der Waals surface area contributed by atoms with Gasteiger partial charge in [0, 0.05) is 17.1 Å². The van der Waals surface area contributed by atoms with Crippen molar-refractivity contribution in [2.75, 3.05) is 11.6 Å². The lowest BCUT2D eigenvalue weighted by molar-refractivity contribution is -0.116. The molecule has 2 N–H and O–H groups in total. The molecule has 0 aliphatic rings. The van der Waals surface area contributed by atoms with Gasteiger partial charge in [-0.3, -0.25) is 4.79 Å². The molecular formula is C16H16ClFN2O3S. The number of carbonyl (C=O) groups is 1. The highest BCUT2D eigenvalue weighted by Crippen LogP contribution is 2.21. The lowest BCUT2D eigenvalue weighted by Gasteiger charge is -2.18. The molecule has 1 unspecified atom stereocenters. The van der Waals surface area contributed by atoms with E-state index in [1.807, 2.05) is 0 Å². The molecule has 1 amide bonds. The summed E-state index contributed by atoms with van der Waals surface area (Å²) in [6.07, 6.45) is 0.903. The van der Waals surface area contributed by atoms with Crippen LogP contribution in [-0.2, 0) is 14.8 Å². The summed E-state index contributed by atoms with van der Waals surface area (Å²) in [5.74, 6) is -0.816. The molecule has 2 rings (SSSR count). The van der Waals surface area contributed by atoms with Crippen molar-refractivity contribution in [2.45, 2.75) is 12.5 Å². The van der Waals surface area contributed by atoms with Crippen molar-refractivity contribution < 1.29 is 17.6 Å². The van der Waals surface area contributed by atoms with E-state index in [-0.39, 0.29) is 6.42 Å². The number of benzene rings is 2. The Morgan fingerprint density at radius 1 is 1.12 bits per heavy atom. The predicted molar refractivity (Wildman–Crippen MR) is 91.8 cm³/mol. The molecule has 0 radical (unpaired) electrons. The number of sulfonamides is 1. The third kappa shape index (κ3) is 5.92. The van der Waals surface area contributed by atoms with Crippen LogP contribution < -0.4 is 10.0 Å². The summed E-state index contributed by atoms with van der Waals surface area (Å²) in [5, 5.41) is 3.11. The van der Waals surface area contributed by atoms with Gasteiger partial charge in [0.05, 0.1) is 12.3 Å². The Morgan fingerprint density at radius 3 is 2.25 bits per heavy atom. The Balaban J connectivity index is 2.13. The van der Waals surface area contributed by atoms with Gasteiger partial charge in [0.2, 0.25) is 15.9 Å². The zero-order valence-electron chi connectivity index (χ0n) is 12.8. The monoisotopic (exact) mass is 370 g/mol. The van der Waals surface area contributed by atoms with Crippen LogP contribution in [0.1, 0.15) is 18.0 Å². The van der Waals surface area contributed by atoms with Crippen LogP contribution in [0.15, 0.2) is 48.5 Å². The molecule has 2 aromatic carbocycles. The topological polar surface area (TPSA) is 75.3 Å². The molecule has 0 heterocycles. The molecular weight excluding hydrogens is 355 g/mol. The first-order valence-corrected chi connectivity index (χ1v) is 9.28. The summed E-state index contributed by atoms with van der Waals surface area (Å²) >= 11 is 5.83. The summed E-state index contributed by atoms with van der Waals surface area (Å²) in [6, 6.07) is 11.1. The van der Waals surface area contributed by atoms with Crippen molar-refractivity contribution in [1.29, 1.82) is 0 Å². The SMILES string of the molecule is CS(=O)(=O)NC(CC(=O)Nc1ccc(F)cc1)c1ccc(Cl)cc1.